The number of hydrogen-bond donors (Lipinski definition) is 0. The molecule has 0 saturated heterocycles. The van der Waals surface area contributed by atoms with Crippen LogP contribution in [-0.2, 0) is 0 Å². The molecule has 0 N–H and O–H groups in total. The lowest BCUT2D eigenvalue weighted by Gasteiger charge is -2.11. The fourth-order valence-electron chi connectivity index (χ4n) is 6.90. The minimum atomic E-state index is 0.510. The Morgan fingerprint density at radius 2 is 1.10 bits per heavy atom. The molecular formula is C43H24ClN3O2. The van der Waals surface area contributed by atoms with Gasteiger partial charge in [0.1, 0.15) is 16.7 Å². The Balaban J connectivity index is 1.26. The van der Waals surface area contributed by atoms with E-state index >= 15 is 0 Å². The Bertz CT molecular complexity index is 2910. The Labute approximate surface area is 285 Å². The van der Waals surface area contributed by atoms with Crippen LogP contribution in [0.1, 0.15) is 0 Å². The van der Waals surface area contributed by atoms with Gasteiger partial charge in [-0.15, -0.1) is 0 Å². The molecule has 3 aromatic heterocycles. The van der Waals surface area contributed by atoms with E-state index in [0.717, 1.165) is 76.9 Å². The number of fused-ring (bicyclic) bond motifs is 8. The summed E-state index contributed by atoms with van der Waals surface area (Å²) < 4.78 is 13.0. The zero-order chi connectivity index (χ0) is 32.5. The fourth-order valence-corrected chi connectivity index (χ4v) is 7.10. The number of nitrogens with zero attached hydrogens (tertiary/aromatic N) is 3. The average molecular weight is 650 g/mol. The molecule has 6 heteroatoms. The highest BCUT2D eigenvalue weighted by Gasteiger charge is 2.22. The molecule has 0 fully saturated rings. The summed E-state index contributed by atoms with van der Waals surface area (Å²) in [6.07, 6.45) is 0. The molecule has 0 atom stereocenters. The zero-order valence-electron chi connectivity index (χ0n) is 25.9. The van der Waals surface area contributed by atoms with Crippen LogP contribution in [0.25, 0.3) is 99.9 Å². The zero-order valence-corrected chi connectivity index (χ0v) is 26.6. The van der Waals surface area contributed by atoms with Crippen molar-refractivity contribution in [3.8, 4) is 45.3 Å². The third kappa shape index (κ3) is 4.44. The maximum absolute atomic E-state index is 6.81. The molecule has 0 bridgehead atoms. The number of halogens is 1. The quantitative estimate of drug-likeness (QED) is 0.190. The monoisotopic (exact) mass is 649 g/mol. The molecule has 0 saturated carbocycles. The summed E-state index contributed by atoms with van der Waals surface area (Å²) in [7, 11) is 0. The van der Waals surface area contributed by atoms with Crippen LogP contribution in [0.15, 0.2) is 154 Å². The molecule has 10 rings (SSSR count). The third-order valence-corrected chi connectivity index (χ3v) is 9.51. The van der Waals surface area contributed by atoms with E-state index in [4.69, 9.17) is 35.4 Å². The molecule has 0 spiro atoms. The van der Waals surface area contributed by atoms with Crippen LogP contribution in [0.5, 0.6) is 0 Å². The van der Waals surface area contributed by atoms with Gasteiger partial charge >= 0.3 is 0 Å². The minimum Gasteiger partial charge on any atom is -0.455 e. The van der Waals surface area contributed by atoms with Crippen molar-refractivity contribution < 1.29 is 8.83 Å². The van der Waals surface area contributed by atoms with Crippen LogP contribution in [-0.4, -0.2) is 15.0 Å². The molecule has 49 heavy (non-hydrogen) atoms. The number of aromatic nitrogens is 3. The molecule has 0 aliphatic heterocycles. The number of para-hydroxylation sites is 2. The van der Waals surface area contributed by atoms with Gasteiger partial charge in [-0.2, -0.15) is 0 Å². The summed E-state index contributed by atoms with van der Waals surface area (Å²) in [5.41, 5.74) is 7.55. The van der Waals surface area contributed by atoms with Gasteiger partial charge in [-0.05, 0) is 52.9 Å². The highest BCUT2D eigenvalue weighted by Crippen LogP contribution is 2.43. The van der Waals surface area contributed by atoms with Crippen molar-refractivity contribution in [3.63, 3.8) is 0 Å². The fraction of sp³-hybridized carbons (Fsp3) is 0. The Hall–Kier alpha value is -6.30. The van der Waals surface area contributed by atoms with E-state index in [2.05, 4.69) is 60.7 Å². The number of hydrogen-bond acceptors (Lipinski definition) is 5. The van der Waals surface area contributed by atoms with E-state index in [1.54, 1.807) is 0 Å². The topological polar surface area (TPSA) is 65.0 Å². The van der Waals surface area contributed by atoms with Crippen molar-refractivity contribution in [1.29, 1.82) is 0 Å². The van der Waals surface area contributed by atoms with Crippen LogP contribution in [0, 0.1) is 0 Å². The third-order valence-electron chi connectivity index (χ3n) is 9.21. The molecule has 0 amide bonds. The SMILES string of the molecule is Clc1ccc(-c2nc(-c3cccc(-c4ccccc4)c3)nc(-c3cccc4c3oc3ccccc34)n2)c2c1oc1c3ccccc3ccc12. The van der Waals surface area contributed by atoms with Crippen molar-refractivity contribution in [2.24, 2.45) is 0 Å². The molecular weight excluding hydrogens is 626 g/mol. The first-order chi connectivity index (χ1) is 24.2. The Morgan fingerprint density at radius 1 is 0.408 bits per heavy atom. The van der Waals surface area contributed by atoms with Crippen LogP contribution in [0.3, 0.4) is 0 Å². The molecule has 230 valence electrons. The molecule has 10 aromatic rings. The summed E-state index contributed by atoms with van der Waals surface area (Å²) >= 11 is 6.81. The molecule has 0 aliphatic carbocycles. The van der Waals surface area contributed by atoms with E-state index in [9.17, 15) is 0 Å². The molecule has 0 radical (unpaired) electrons. The van der Waals surface area contributed by atoms with E-state index < -0.39 is 0 Å². The summed E-state index contributed by atoms with van der Waals surface area (Å²) in [4.78, 5) is 15.4. The summed E-state index contributed by atoms with van der Waals surface area (Å²) in [6.45, 7) is 0. The first-order valence-corrected chi connectivity index (χ1v) is 16.4. The Kier molecular flexibility index (Phi) is 6.16. The number of rotatable bonds is 4. The molecule has 7 aromatic carbocycles. The molecule has 0 unspecified atom stereocenters. The van der Waals surface area contributed by atoms with Gasteiger partial charge in [0.25, 0.3) is 0 Å². The smallest absolute Gasteiger partial charge is 0.167 e. The lowest BCUT2D eigenvalue weighted by molar-refractivity contribution is 0.669. The van der Waals surface area contributed by atoms with Gasteiger partial charge < -0.3 is 8.83 Å². The maximum atomic E-state index is 6.81. The standard InChI is InChI=1S/C43H24ClN3O2/c44-35-23-22-33(37-32-21-20-26-12-4-5-15-29(26)38(32)49-40(35)37)42-45-41(28-14-8-13-27(24-28)25-10-2-1-3-11-25)46-43(47-42)34-18-9-17-31-30-16-6-7-19-36(30)48-39(31)34/h1-24H. The molecule has 0 aliphatic rings. The predicted octanol–water partition coefficient (Wildman–Crippen LogP) is 12.1. The van der Waals surface area contributed by atoms with Crippen LogP contribution >= 0.6 is 11.6 Å². The van der Waals surface area contributed by atoms with Gasteiger partial charge in [0, 0.05) is 38.1 Å². The minimum absolute atomic E-state index is 0.510. The highest BCUT2D eigenvalue weighted by atomic mass is 35.5. The van der Waals surface area contributed by atoms with Crippen molar-refractivity contribution in [2.45, 2.75) is 0 Å². The summed E-state index contributed by atoms with van der Waals surface area (Å²) in [6, 6.07) is 49.0. The number of furan rings is 2. The van der Waals surface area contributed by atoms with Gasteiger partial charge in [-0.3, -0.25) is 0 Å². The molecule has 5 nitrogen and oxygen atoms in total. The van der Waals surface area contributed by atoms with Gasteiger partial charge in [0.05, 0.1) is 10.6 Å². The lowest BCUT2D eigenvalue weighted by Crippen LogP contribution is -2.01. The first-order valence-electron chi connectivity index (χ1n) is 16.0. The lowest BCUT2D eigenvalue weighted by atomic mass is 10.0. The largest absolute Gasteiger partial charge is 0.455 e. The van der Waals surface area contributed by atoms with Crippen molar-refractivity contribution in [3.05, 3.63) is 151 Å². The van der Waals surface area contributed by atoms with Crippen LogP contribution in [0.4, 0.5) is 0 Å². The first kappa shape index (κ1) is 27.8. The van der Waals surface area contributed by atoms with Gasteiger partial charge in [0.15, 0.2) is 23.1 Å². The van der Waals surface area contributed by atoms with Gasteiger partial charge in [-0.25, -0.2) is 15.0 Å². The average Bonchev–Trinajstić information content (AvgIpc) is 3.75. The van der Waals surface area contributed by atoms with Crippen LogP contribution in [0.2, 0.25) is 5.02 Å². The number of benzene rings is 7. The second-order valence-electron chi connectivity index (χ2n) is 12.1. The van der Waals surface area contributed by atoms with E-state index in [1.165, 1.54) is 0 Å². The van der Waals surface area contributed by atoms with E-state index in [-0.39, 0.29) is 0 Å². The predicted molar refractivity (Wildman–Crippen MR) is 199 cm³/mol. The summed E-state index contributed by atoms with van der Waals surface area (Å²) in [5.74, 6) is 1.57. The van der Waals surface area contributed by atoms with E-state index in [0.29, 0.717) is 28.1 Å². The van der Waals surface area contributed by atoms with Crippen molar-refractivity contribution in [1.82, 2.24) is 15.0 Å². The van der Waals surface area contributed by atoms with Crippen molar-refractivity contribution in [2.75, 3.05) is 0 Å². The van der Waals surface area contributed by atoms with Gasteiger partial charge in [-0.1, -0.05) is 121 Å². The Morgan fingerprint density at radius 3 is 2.00 bits per heavy atom. The summed E-state index contributed by atoms with van der Waals surface area (Å²) in [5, 5.41) is 6.48. The second kappa shape index (κ2) is 10.9. The molecule has 3 heterocycles. The second-order valence-corrected chi connectivity index (χ2v) is 12.5. The van der Waals surface area contributed by atoms with Crippen LogP contribution < -0.4 is 0 Å². The van der Waals surface area contributed by atoms with Crippen molar-refractivity contribution >= 4 is 66.3 Å². The normalized spacial score (nSPS) is 11.8. The highest BCUT2D eigenvalue weighted by molar-refractivity contribution is 6.37. The maximum Gasteiger partial charge on any atom is 0.167 e. The van der Waals surface area contributed by atoms with Gasteiger partial charge in [0.2, 0.25) is 0 Å². The van der Waals surface area contributed by atoms with E-state index in [1.807, 2.05) is 84.9 Å².